The van der Waals surface area contributed by atoms with Gasteiger partial charge in [0, 0.05) is 16.3 Å². The zero-order chi connectivity index (χ0) is 23.0. The van der Waals surface area contributed by atoms with Gasteiger partial charge in [0.2, 0.25) is 0 Å². The molecular weight excluding hydrogens is 430 g/mol. The summed E-state index contributed by atoms with van der Waals surface area (Å²) >= 11 is 5.99. The van der Waals surface area contributed by atoms with Crippen LogP contribution >= 0.6 is 11.6 Å². The van der Waals surface area contributed by atoms with E-state index < -0.39 is 17.7 Å². The Morgan fingerprint density at radius 2 is 1.75 bits per heavy atom. The lowest BCUT2D eigenvalue weighted by atomic mass is 9.94. The van der Waals surface area contributed by atoms with Gasteiger partial charge in [0.1, 0.15) is 17.3 Å². The third kappa shape index (κ3) is 3.69. The van der Waals surface area contributed by atoms with Gasteiger partial charge in [0.15, 0.2) is 0 Å². The first kappa shape index (κ1) is 21.5. The van der Waals surface area contributed by atoms with E-state index in [0.717, 1.165) is 5.56 Å². The number of carbonyl (C=O) groups excluding carboxylic acids is 2. The second-order valence-electron chi connectivity index (χ2n) is 7.42. The molecule has 0 bridgehead atoms. The maximum atomic E-state index is 13.1. The first-order chi connectivity index (χ1) is 15.3. The van der Waals surface area contributed by atoms with Crippen molar-refractivity contribution in [3.8, 4) is 11.5 Å². The SMILES string of the molecule is COc1ccc(/C(O)=C2/C(=O)C(=O)N(c3ccc(Cl)cc3)C2c2cccc(O)c2)cc1C. The van der Waals surface area contributed by atoms with E-state index in [1.165, 1.54) is 17.0 Å². The fraction of sp³-hybridized carbons (Fsp3) is 0.120. The Balaban J connectivity index is 1.94. The lowest BCUT2D eigenvalue weighted by Crippen LogP contribution is -2.29. The van der Waals surface area contributed by atoms with Crippen LogP contribution in [0.5, 0.6) is 11.5 Å². The highest BCUT2D eigenvalue weighted by Crippen LogP contribution is 2.43. The van der Waals surface area contributed by atoms with E-state index in [1.54, 1.807) is 61.7 Å². The maximum absolute atomic E-state index is 13.1. The number of aliphatic hydroxyl groups excluding tert-OH is 1. The molecule has 1 saturated heterocycles. The van der Waals surface area contributed by atoms with E-state index in [4.69, 9.17) is 16.3 Å². The lowest BCUT2D eigenvalue weighted by Gasteiger charge is -2.25. The smallest absolute Gasteiger partial charge is 0.300 e. The number of benzene rings is 3. The van der Waals surface area contributed by atoms with E-state index in [0.29, 0.717) is 27.6 Å². The van der Waals surface area contributed by atoms with Crippen molar-refractivity contribution in [1.29, 1.82) is 0 Å². The molecule has 0 saturated carbocycles. The van der Waals surface area contributed by atoms with Gasteiger partial charge in [-0.05, 0) is 72.6 Å². The van der Waals surface area contributed by atoms with Crippen molar-refractivity contribution in [2.24, 2.45) is 0 Å². The van der Waals surface area contributed by atoms with Crippen LogP contribution in [-0.2, 0) is 9.59 Å². The summed E-state index contributed by atoms with van der Waals surface area (Å²) in [6, 6.07) is 16.8. The summed E-state index contributed by atoms with van der Waals surface area (Å²) in [6.07, 6.45) is 0. The van der Waals surface area contributed by atoms with Crippen LogP contribution in [-0.4, -0.2) is 29.0 Å². The number of phenolic OH excluding ortho intramolecular Hbond substituents is 1. The Kier molecular flexibility index (Phi) is 5.63. The molecule has 0 spiro atoms. The Hall–Kier alpha value is -3.77. The fourth-order valence-electron chi connectivity index (χ4n) is 3.89. The number of Topliss-reactive ketones (excluding diaryl/α,β-unsaturated/α-hetero) is 1. The Bertz CT molecular complexity index is 1250. The third-order valence-corrected chi connectivity index (χ3v) is 5.66. The Morgan fingerprint density at radius 3 is 2.38 bits per heavy atom. The first-order valence-corrected chi connectivity index (χ1v) is 10.2. The molecule has 0 aromatic heterocycles. The lowest BCUT2D eigenvalue weighted by molar-refractivity contribution is -0.132. The second-order valence-corrected chi connectivity index (χ2v) is 7.86. The van der Waals surface area contributed by atoms with Gasteiger partial charge >= 0.3 is 0 Å². The number of anilines is 1. The number of carbonyl (C=O) groups is 2. The van der Waals surface area contributed by atoms with Gasteiger partial charge in [-0.2, -0.15) is 0 Å². The molecule has 162 valence electrons. The summed E-state index contributed by atoms with van der Waals surface area (Å²) in [6.45, 7) is 1.81. The maximum Gasteiger partial charge on any atom is 0.300 e. The summed E-state index contributed by atoms with van der Waals surface area (Å²) in [5, 5.41) is 21.7. The number of hydrogen-bond acceptors (Lipinski definition) is 5. The summed E-state index contributed by atoms with van der Waals surface area (Å²) < 4.78 is 5.27. The van der Waals surface area contributed by atoms with Crippen molar-refractivity contribution in [2.45, 2.75) is 13.0 Å². The van der Waals surface area contributed by atoms with Crippen LogP contribution in [0.3, 0.4) is 0 Å². The predicted molar refractivity (Wildman–Crippen MR) is 122 cm³/mol. The number of amides is 1. The number of aryl methyl sites for hydroxylation is 1. The van der Waals surface area contributed by atoms with Crippen LogP contribution in [0.25, 0.3) is 5.76 Å². The molecule has 6 nitrogen and oxygen atoms in total. The minimum Gasteiger partial charge on any atom is -0.508 e. The van der Waals surface area contributed by atoms with Crippen molar-refractivity contribution in [3.63, 3.8) is 0 Å². The average molecular weight is 450 g/mol. The zero-order valence-electron chi connectivity index (χ0n) is 17.4. The Labute approximate surface area is 189 Å². The molecule has 4 rings (SSSR count). The largest absolute Gasteiger partial charge is 0.508 e. The van der Waals surface area contributed by atoms with E-state index >= 15 is 0 Å². The number of halogens is 1. The molecule has 32 heavy (non-hydrogen) atoms. The highest BCUT2D eigenvalue weighted by molar-refractivity contribution is 6.51. The molecule has 1 amide bonds. The normalized spacial score (nSPS) is 17.6. The molecular formula is C25H20ClNO5. The summed E-state index contributed by atoms with van der Waals surface area (Å²) in [4.78, 5) is 27.5. The molecule has 3 aromatic rings. The highest BCUT2D eigenvalue weighted by atomic mass is 35.5. The number of phenols is 1. The number of ether oxygens (including phenoxy) is 1. The van der Waals surface area contributed by atoms with Gasteiger partial charge in [-0.15, -0.1) is 0 Å². The van der Waals surface area contributed by atoms with Gasteiger partial charge in [0.05, 0.1) is 18.7 Å². The molecule has 0 aliphatic carbocycles. The van der Waals surface area contributed by atoms with E-state index in [2.05, 4.69) is 0 Å². The third-order valence-electron chi connectivity index (χ3n) is 5.40. The number of ketones is 1. The molecule has 1 unspecified atom stereocenters. The summed E-state index contributed by atoms with van der Waals surface area (Å²) in [5.74, 6) is -1.30. The highest BCUT2D eigenvalue weighted by Gasteiger charge is 2.47. The molecule has 1 atom stereocenters. The summed E-state index contributed by atoms with van der Waals surface area (Å²) in [5.41, 5.74) is 1.99. The molecule has 1 aliphatic rings. The van der Waals surface area contributed by atoms with Gasteiger partial charge in [0.25, 0.3) is 11.7 Å². The van der Waals surface area contributed by atoms with E-state index in [1.807, 2.05) is 6.92 Å². The number of rotatable bonds is 4. The predicted octanol–water partition coefficient (Wildman–Crippen LogP) is 4.99. The quantitative estimate of drug-likeness (QED) is 0.333. The number of methoxy groups -OCH3 is 1. The zero-order valence-corrected chi connectivity index (χ0v) is 18.1. The topological polar surface area (TPSA) is 87.1 Å². The van der Waals surface area contributed by atoms with E-state index in [9.17, 15) is 19.8 Å². The number of nitrogens with zero attached hydrogens (tertiary/aromatic N) is 1. The van der Waals surface area contributed by atoms with Crippen molar-refractivity contribution in [2.75, 3.05) is 12.0 Å². The van der Waals surface area contributed by atoms with Crippen molar-refractivity contribution >= 4 is 34.7 Å². The molecule has 0 radical (unpaired) electrons. The van der Waals surface area contributed by atoms with Crippen LogP contribution in [0.1, 0.15) is 22.7 Å². The minimum atomic E-state index is -0.939. The molecule has 1 fully saturated rings. The van der Waals surface area contributed by atoms with Crippen molar-refractivity contribution < 1.29 is 24.5 Å². The number of aromatic hydroxyl groups is 1. The van der Waals surface area contributed by atoms with Crippen LogP contribution in [0.15, 0.2) is 72.3 Å². The molecule has 3 aromatic carbocycles. The number of aliphatic hydroxyl groups is 1. The summed E-state index contributed by atoms with van der Waals surface area (Å²) in [7, 11) is 1.54. The van der Waals surface area contributed by atoms with Crippen LogP contribution in [0, 0.1) is 6.92 Å². The first-order valence-electron chi connectivity index (χ1n) is 9.82. The molecule has 1 heterocycles. The fourth-order valence-corrected chi connectivity index (χ4v) is 4.02. The van der Waals surface area contributed by atoms with Gasteiger partial charge in [-0.1, -0.05) is 23.7 Å². The van der Waals surface area contributed by atoms with Crippen LogP contribution in [0.2, 0.25) is 5.02 Å². The van der Waals surface area contributed by atoms with Crippen molar-refractivity contribution in [3.05, 3.63) is 94.0 Å². The second kappa shape index (κ2) is 8.40. The Morgan fingerprint density at radius 1 is 1.03 bits per heavy atom. The monoisotopic (exact) mass is 449 g/mol. The molecule has 2 N–H and O–H groups in total. The molecule has 1 aliphatic heterocycles. The van der Waals surface area contributed by atoms with Gasteiger partial charge < -0.3 is 14.9 Å². The standard InChI is InChI=1S/C25H20ClNO5/c1-14-12-16(6-11-20(14)32-2)23(29)21-22(15-4-3-5-19(28)13-15)27(25(31)24(21)30)18-9-7-17(26)8-10-18/h3-13,22,28-29H,1-2H3/b23-21-. The average Bonchev–Trinajstić information content (AvgIpc) is 3.04. The van der Waals surface area contributed by atoms with Crippen molar-refractivity contribution in [1.82, 2.24) is 0 Å². The number of hydrogen-bond donors (Lipinski definition) is 2. The van der Waals surface area contributed by atoms with Crippen LogP contribution in [0.4, 0.5) is 5.69 Å². The van der Waals surface area contributed by atoms with Gasteiger partial charge in [-0.3, -0.25) is 14.5 Å². The minimum absolute atomic E-state index is 0.0236. The van der Waals surface area contributed by atoms with Gasteiger partial charge in [-0.25, -0.2) is 0 Å². The van der Waals surface area contributed by atoms with E-state index in [-0.39, 0.29) is 17.1 Å². The molecule has 7 heteroatoms. The van der Waals surface area contributed by atoms with Crippen LogP contribution < -0.4 is 9.64 Å².